The van der Waals surface area contributed by atoms with Crippen molar-refractivity contribution < 1.29 is 23.1 Å². The number of halogens is 1. The molecule has 3 aromatic rings. The second-order valence-corrected chi connectivity index (χ2v) is 4.87. The van der Waals surface area contributed by atoms with Crippen molar-refractivity contribution in [3.05, 3.63) is 53.8 Å². The van der Waals surface area contributed by atoms with Gasteiger partial charge in [-0.1, -0.05) is 12.1 Å². The molecule has 118 valence electrons. The molecule has 0 radical (unpaired) electrons. The van der Waals surface area contributed by atoms with Crippen LogP contribution in [0.2, 0.25) is 0 Å². The quantitative estimate of drug-likeness (QED) is 0.669. The molecule has 0 atom stereocenters. The van der Waals surface area contributed by atoms with E-state index in [4.69, 9.17) is 13.9 Å². The fourth-order valence-corrected chi connectivity index (χ4v) is 2.44. The molecule has 0 unspecified atom stereocenters. The van der Waals surface area contributed by atoms with Gasteiger partial charge in [0.05, 0.1) is 19.3 Å². The van der Waals surface area contributed by atoms with Crippen molar-refractivity contribution in [1.29, 1.82) is 0 Å². The van der Waals surface area contributed by atoms with Crippen LogP contribution in [0.3, 0.4) is 0 Å². The fourth-order valence-electron chi connectivity index (χ4n) is 2.44. The number of carbonyl (C=O) groups is 1. The van der Waals surface area contributed by atoms with Gasteiger partial charge in [0.2, 0.25) is 0 Å². The van der Waals surface area contributed by atoms with E-state index < -0.39 is 11.8 Å². The van der Waals surface area contributed by atoms with Crippen LogP contribution in [0, 0.1) is 5.82 Å². The Labute approximate surface area is 132 Å². The molecular formula is C18H15FO4. The number of ether oxygens (including phenoxy) is 2. The van der Waals surface area contributed by atoms with Crippen LogP contribution in [0.1, 0.15) is 17.3 Å². The first-order valence-corrected chi connectivity index (χ1v) is 7.18. The van der Waals surface area contributed by atoms with E-state index in [1.165, 1.54) is 13.2 Å². The Morgan fingerprint density at radius 3 is 2.70 bits per heavy atom. The van der Waals surface area contributed by atoms with E-state index in [2.05, 4.69) is 0 Å². The number of hydrogen-bond acceptors (Lipinski definition) is 4. The van der Waals surface area contributed by atoms with Crippen molar-refractivity contribution in [2.24, 2.45) is 0 Å². The molecule has 3 rings (SSSR count). The van der Waals surface area contributed by atoms with Crippen molar-refractivity contribution in [1.82, 2.24) is 0 Å². The summed E-state index contributed by atoms with van der Waals surface area (Å²) in [5.41, 5.74) is 0.878. The minimum absolute atomic E-state index is 0.157. The molecule has 0 fully saturated rings. The number of fused-ring (bicyclic) bond motifs is 1. The monoisotopic (exact) mass is 314 g/mol. The third kappa shape index (κ3) is 2.65. The van der Waals surface area contributed by atoms with Crippen LogP contribution >= 0.6 is 0 Å². The van der Waals surface area contributed by atoms with Crippen molar-refractivity contribution in [2.45, 2.75) is 6.92 Å². The van der Waals surface area contributed by atoms with Gasteiger partial charge in [-0.25, -0.2) is 9.18 Å². The topological polar surface area (TPSA) is 48.7 Å². The minimum atomic E-state index is -0.558. The molecule has 0 aliphatic heterocycles. The zero-order valence-electron chi connectivity index (χ0n) is 12.8. The van der Waals surface area contributed by atoms with Crippen LogP contribution in [0.5, 0.6) is 5.75 Å². The second kappa shape index (κ2) is 6.12. The predicted octanol–water partition coefficient (Wildman–Crippen LogP) is 4.42. The molecule has 2 aromatic carbocycles. The van der Waals surface area contributed by atoms with Gasteiger partial charge in [-0.15, -0.1) is 0 Å². The fraction of sp³-hybridized carbons (Fsp3) is 0.167. The summed E-state index contributed by atoms with van der Waals surface area (Å²) in [7, 11) is 1.53. The first-order valence-electron chi connectivity index (χ1n) is 7.18. The van der Waals surface area contributed by atoms with E-state index in [0.29, 0.717) is 16.7 Å². The number of benzene rings is 2. The first-order chi connectivity index (χ1) is 11.2. The van der Waals surface area contributed by atoms with Gasteiger partial charge in [0.1, 0.15) is 22.7 Å². The third-order valence-corrected chi connectivity index (χ3v) is 3.49. The Kier molecular flexibility index (Phi) is 4.02. The maximum atomic E-state index is 14.1. The van der Waals surface area contributed by atoms with Crippen molar-refractivity contribution in [3.8, 4) is 17.1 Å². The predicted molar refractivity (Wildman–Crippen MR) is 84.1 cm³/mol. The van der Waals surface area contributed by atoms with Gasteiger partial charge in [-0.3, -0.25) is 0 Å². The van der Waals surface area contributed by atoms with E-state index >= 15 is 0 Å². The molecule has 1 aromatic heterocycles. The highest BCUT2D eigenvalue weighted by Gasteiger charge is 2.25. The molecule has 0 N–H and O–H groups in total. The van der Waals surface area contributed by atoms with Gasteiger partial charge in [0.25, 0.3) is 0 Å². The Bertz CT molecular complexity index is 867. The van der Waals surface area contributed by atoms with E-state index in [0.717, 1.165) is 0 Å². The third-order valence-electron chi connectivity index (χ3n) is 3.49. The Morgan fingerprint density at radius 1 is 1.22 bits per heavy atom. The van der Waals surface area contributed by atoms with Gasteiger partial charge >= 0.3 is 5.97 Å². The van der Waals surface area contributed by atoms with E-state index in [9.17, 15) is 9.18 Å². The van der Waals surface area contributed by atoms with E-state index in [1.54, 1.807) is 43.3 Å². The van der Waals surface area contributed by atoms with Crippen LogP contribution in [-0.2, 0) is 4.74 Å². The van der Waals surface area contributed by atoms with Crippen molar-refractivity contribution in [2.75, 3.05) is 13.7 Å². The number of furan rings is 1. The van der Waals surface area contributed by atoms with Crippen LogP contribution in [0.15, 0.2) is 46.9 Å². The maximum Gasteiger partial charge on any atom is 0.342 e. The summed E-state index contributed by atoms with van der Waals surface area (Å²) in [5.74, 6) is -0.296. The summed E-state index contributed by atoms with van der Waals surface area (Å²) in [6.07, 6.45) is 0. The zero-order chi connectivity index (χ0) is 16.4. The van der Waals surface area contributed by atoms with Gasteiger partial charge < -0.3 is 13.9 Å². The summed E-state index contributed by atoms with van der Waals surface area (Å²) in [6, 6.07) is 11.2. The summed E-state index contributed by atoms with van der Waals surface area (Å²) in [5, 5.41) is 0.529. The van der Waals surface area contributed by atoms with Crippen LogP contribution in [-0.4, -0.2) is 19.7 Å². The molecule has 0 saturated carbocycles. The van der Waals surface area contributed by atoms with Gasteiger partial charge in [0.15, 0.2) is 5.76 Å². The SMILES string of the molecule is CCOC(=O)c1c(-c2ccccc2F)oc2ccc(OC)cc12. The molecule has 0 aliphatic carbocycles. The molecular weight excluding hydrogens is 299 g/mol. The number of esters is 1. The van der Waals surface area contributed by atoms with Crippen LogP contribution in [0.4, 0.5) is 4.39 Å². The van der Waals surface area contributed by atoms with Gasteiger partial charge in [-0.05, 0) is 37.3 Å². The highest BCUT2D eigenvalue weighted by Crippen LogP contribution is 2.36. The highest BCUT2D eigenvalue weighted by molar-refractivity contribution is 6.09. The molecule has 0 spiro atoms. The second-order valence-electron chi connectivity index (χ2n) is 4.87. The average molecular weight is 314 g/mol. The highest BCUT2D eigenvalue weighted by atomic mass is 19.1. The molecule has 0 bridgehead atoms. The van der Waals surface area contributed by atoms with Crippen LogP contribution < -0.4 is 4.74 Å². The smallest absolute Gasteiger partial charge is 0.342 e. The molecule has 23 heavy (non-hydrogen) atoms. The zero-order valence-corrected chi connectivity index (χ0v) is 12.8. The minimum Gasteiger partial charge on any atom is -0.497 e. The normalized spacial score (nSPS) is 10.7. The van der Waals surface area contributed by atoms with Gasteiger partial charge in [0, 0.05) is 5.39 Å². The summed E-state index contributed by atoms with van der Waals surface area (Å²) >= 11 is 0. The van der Waals surface area contributed by atoms with Crippen molar-refractivity contribution in [3.63, 3.8) is 0 Å². The van der Waals surface area contributed by atoms with E-state index in [-0.39, 0.29) is 23.5 Å². The molecule has 0 amide bonds. The Morgan fingerprint density at radius 2 is 2.00 bits per heavy atom. The Balaban J connectivity index is 2.30. The average Bonchev–Trinajstić information content (AvgIpc) is 2.93. The molecule has 5 heteroatoms. The largest absolute Gasteiger partial charge is 0.497 e. The lowest BCUT2D eigenvalue weighted by Crippen LogP contribution is -2.05. The number of hydrogen-bond donors (Lipinski definition) is 0. The molecule has 0 saturated heterocycles. The summed E-state index contributed by atoms with van der Waals surface area (Å²) in [6.45, 7) is 1.93. The maximum absolute atomic E-state index is 14.1. The number of carbonyl (C=O) groups excluding carboxylic acids is 1. The standard InChI is InChI=1S/C18H15FO4/c1-3-22-18(20)16-13-10-11(21-2)8-9-15(13)23-17(16)12-6-4-5-7-14(12)19/h4-10H,3H2,1-2H3. The molecule has 0 aliphatic rings. The lowest BCUT2D eigenvalue weighted by atomic mass is 10.0. The number of rotatable bonds is 4. The lowest BCUT2D eigenvalue weighted by Gasteiger charge is -2.04. The summed E-state index contributed by atoms with van der Waals surface area (Å²) in [4.78, 5) is 12.4. The van der Waals surface area contributed by atoms with Gasteiger partial charge in [-0.2, -0.15) is 0 Å². The summed E-state index contributed by atoms with van der Waals surface area (Å²) < 4.78 is 30.2. The molecule has 4 nitrogen and oxygen atoms in total. The lowest BCUT2D eigenvalue weighted by molar-refractivity contribution is 0.0529. The van der Waals surface area contributed by atoms with Crippen LogP contribution in [0.25, 0.3) is 22.3 Å². The van der Waals surface area contributed by atoms with E-state index in [1.807, 2.05) is 0 Å². The molecule has 1 heterocycles. The van der Waals surface area contributed by atoms with Crippen molar-refractivity contribution >= 4 is 16.9 Å². The first kappa shape index (κ1) is 15.1. The number of methoxy groups -OCH3 is 1. The Hall–Kier alpha value is -2.82.